The van der Waals surface area contributed by atoms with Gasteiger partial charge in [-0.15, -0.1) is 0 Å². The number of likely N-dealkylation sites (tertiary alicyclic amines) is 1. The molecule has 3 rings (SSSR count). The lowest BCUT2D eigenvalue weighted by molar-refractivity contribution is -0.131. The van der Waals surface area contributed by atoms with E-state index < -0.39 is 63.3 Å². The molecule has 2 aromatic rings. The van der Waals surface area contributed by atoms with E-state index in [1.165, 1.54) is 18.3 Å². The summed E-state index contributed by atoms with van der Waals surface area (Å²) in [6, 6.07) is -1.10. The number of piperidine rings is 1. The van der Waals surface area contributed by atoms with Crippen LogP contribution in [0, 0.1) is 17.2 Å². The standard InChI is InChI=1S/C16H20N6O/c1-11-5-8-22(14(23)3-6-17)9-13(11)21(2)16-12-4-7-18-15(12)19-10-20-16/h4,7,10-11,13H,3,5,8-9H2,1-2H3,(H,18,19,20)/t11-,13+/m1/s1/i1D3,2D3,5D2,8D2,9D2,13D. The van der Waals surface area contributed by atoms with Crippen molar-refractivity contribution < 1.29 is 22.6 Å². The van der Waals surface area contributed by atoms with E-state index in [0.717, 1.165) is 6.33 Å². The molecule has 1 aliphatic rings. The summed E-state index contributed by atoms with van der Waals surface area (Å²) in [6.07, 6.45) is -2.72. The first kappa shape index (κ1) is 6.11. The Hall–Kier alpha value is -2.62. The highest BCUT2D eigenvalue weighted by Crippen LogP contribution is 2.28. The van der Waals surface area contributed by atoms with E-state index in [9.17, 15) is 6.17 Å². The Morgan fingerprint density at radius 1 is 1.74 bits per heavy atom. The average Bonchev–Trinajstić information content (AvgIpc) is 3.14. The van der Waals surface area contributed by atoms with Gasteiger partial charge in [-0.25, -0.2) is 9.97 Å². The lowest BCUT2D eigenvalue weighted by atomic mass is 9.92. The van der Waals surface area contributed by atoms with Crippen molar-refractivity contribution in [2.75, 3.05) is 24.9 Å². The van der Waals surface area contributed by atoms with Gasteiger partial charge in [-0.2, -0.15) is 5.26 Å². The van der Waals surface area contributed by atoms with Crippen LogP contribution in [0.1, 0.15) is 37.5 Å². The molecule has 2 atom stereocenters. The topological polar surface area (TPSA) is 88.9 Å². The Kier molecular flexibility index (Phi) is 1.66. The highest BCUT2D eigenvalue weighted by Gasteiger charge is 2.32. The molecule has 0 unspecified atom stereocenters. The minimum atomic E-state index is -3.84. The van der Waals surface area contributed by atoms with Crippen molar-refractivity contribution in [1.82, 2.24) is 19.9 Å². The molecule has 1 amide bonds. The fourth-order valence-electron chi connectivity index (χ4n) is 2.01. The first-order chi connectivity index (χ1) is 16.2. The van der Waals surface area contributed by atoms with Crippen molar-refractivity contribution >= 4 is 22.8 Å². The van der Waals surface area contributed by atoms with E-state index in [0.29, 0.717) is 0 Å². The zero-order valence-corrected chi connectivity index (χ0v) is 11.7. The van der Waals surface area contributed by atoms with Crippen LogP contribution in [0.25, 0.3) is 11.0 Å². The smallest absolute Gasteiger partial charge is 0.236 e. The van der Waals surface area contributed by atoms with E-state index in [4.69, 9.17) is 21.7 Å². The van der Waals surface area contributed by atoms with Gasteiger partial charge >= 0.3 is 0 Å². The zero-order valence-electron chi connectivity index (χ0n) is 24.7. The number of nitrogens with one attached hydrogen (secondary N) is 1. The molecule has 1 fully saturated rings. The van der Waals surface area contributed by atoms with E-state index >= 15 is 0 Å². The summed E-state index contributed by atoms with van der Waals surface area (Å²) in [5.41, 5.74) is 0.0235. The van der Waals surface area contributed by atoms with Crippen molar-refractivity contribution in [3.8, 4) is 6.07 Å². The van der Waals surface area contributed by atoms with Gasteiger partial charge in [-0.05, 0) is 18.4 Å². The largest absolute Gasteiger partial charge is 0.354 e. The number of rotatable bonds is 3. The Balaban J connectivity index is 2.53. The number of aromatic nitrogens is 3. The van der Waals surface area contributed by atoms with Gasteiger partial charge in [-0.3, -0.25) is 4.79 Å². The molecule has 2 aromatic heterocycles. The Bertz CT molecular complexity index is 1220. The highest BCUT2D eigenvalue weighted by atomic mass is 16.2. The van der Waals surface area contributed by atoms with Crippen LogP contribution in [0.15, 0.2) is 18.6 Å². The fraction of sp³-hybridized carbons (Fsp3) is 0.500. The number of nitriles is 1. The summed E-state index contributed by atoms with van der Waals surface area (Å²) in [4.78, 5) is 22.7. The summed E-state index contributed by atoms with van der Waals surface area (Å²) < 4.78 is 108. The lowest BCUT2D eigenvalue weighted by Crippen LogP contribution is -2.52. The predicted molar refractivity (Wildman–Crippen MR) is 86.7 cm³/mol. The third-order valence-corrected chi connectivity index (χ3v) is 3.09. The van der Waals surface area contributed by atoms with Crippen molar-refractivity contribution in [2.24, 2.45) is 5.92 Å². The summed E-state index contributed by atoms with van der Waals surface area (Å²) in [5, 5.41) is 8.87. The second-order valence-corrected chi connectivity index (χ2v) is 4.52. The fourth-order valence-corrected chi connectivity index (χ4v) is 2.01. The van der Waals surface area contributed by atoms with Crippen molar-refractivity contribution in [1.29, 1.82) is 5.26 Å². The molecule has 0 aromatic carbocycles. The third kappa shape index (κ3) is 2.84. The van der Waals surface area contributed by atoms with E-state index in [2.05, 4.69) is 15.0 Å². The van der Waals surface area contributed by atoms with Crippen molar-refractivity contribution in [3.05, 3.63) is 18.6 Å². The molecule has 3 heterocycles. The minimum absolute atomic E-state index is 0.0235. The van der Waals surface area contributed by atoms with Crippen LogP contribution < -0.4 is 4.90 Å². The number of aromatic amines is 1. The molecule has 7 nitrogen and oxygen atoms in total. The van der Waals surface area contributed by atoms with Gasteiger partial charge in [0.25, 0.3) is 0 Å². The average molecular weight is 325 g/mol. The summed E-state index contributed by atoms with van der Waals surface area (Å²) in [7, 11) is 0. The number of nitrogens with zero attached hydrogens (tertiary/aromatic N) is 5. The first-order valence-corrected chi connectivity index (χ1v) is 6.47. The van der Waals surface area contributed by atoms with Crippen LogP contribution >= 0.6 is 0 Å². The molecule has 0 spiro atoms. The molecule has 23 heavy (non-hydrogen) atoms. The van der Waals surface area contributed by atoms with Crippen molar-refractivity contribution in [2.45, 2.75) is 25.7 Å². The highest BCUT2D eigenvalue weighted by molar-refractivity contribution is 5.87. The minimum Gasteiger partial charge on any atom is -0.354 e. The van der Waals surface area contributed by atoms with E-state index in [1.807, 2.05) is 0 Å². The normalized spacial score (nSPS) is 40.4. The van der Waals surface area contributed by atoms with Crippen LogP contribution in [-0.2, 0) is 4.79 Å². The zero-order chi connectivity index (χ0) is 27.7. The number of hydrogen-bond acceptors (Lipinski definition) is 5. The number of anilines is 1. The molecule has 0 aliphatic carbocycles. The Morgan fingerprint density at radius 2 is 2.65 bits per heavy atom. The first-order valence-electron chi connectivity index (χ1n) is 13.0. The van der Waals surface area contributed by atoms with E-state index in [-0.39, 0.29) is 20.8 Å². The molecule has 1 saturated heterocycles. The molecule has 120 valence electrons. The molecule has 0 saturated carbocycles. The molecule has 7 heteroatoms. The number of amides is 1. The maximum Gasteiger partial charge on any atom is 0.236 e. The Morgan fingerprint density at radius 3 is 3.43 bits per heavy atom. The monoisotopic (exact) mass is 325 g/mol. The van der Waals surface area contributed by atoms with Gasteiger partial charge in [0, 0.05) is 39.9 Å². The third-order valence-electron chi connectivity index (χ3n) is 3.09. The van der Waals surface area contributed by atoms with Crippen LogP contribution in [0.3, 0.4) is 0 Å². The van der Waals surface area contributed by atoms with Crippen LogP contribution in [0.5, 0.6) is 0 Å². The molecular formula is C16H20N6O. The second kappa shape index (κ2) is 6.24. The van der Waals surface area contributed by atoms with Gasteiger partial charge in [0.2, 0.25) is 5.91 Å². The van der Waals surface area contributed by atoms with Crippen LogP contribution in [-0.4, -0.2) is 51.7 Å². The number of carbonyl (C=O) groups excluding carboxylic acids is 1. The molecule has 0 radical (unpaired) electrons. The van der Waals surface area contributed by atoms with E-state index in [1.54, 1.807) is 0 Å². The van der Waals surface area contributed by atoms with Gasteiger partial charge in [0.1, 0.15) is 24.2 Å². The van der Waals surface area contributed by atoms with Crippen LogP contribution in [0.4, 0.5) is 5.82 Å². The quantitative estimate of drug-likeness (QED) is 0.925. The van der Waals surface area contributed by atoms with Gasteiger partial charge in [-0.1, -0.05) is 6.85 Å². The molecule has 1 aliphatic heterocycles. The maximum atomic E-state index is 12.8. The maximum absolute atomic E-state index is 12.8. The lowest BCUT2D eigenvalue weighted by Gasteiger charge is -2.42. The molecule has 1 N–H and O–H groups in total. The van der Waals surface area contributed by atoms with Gasteiger partial charge in [0.15, 0.2) is 0 Å². The second-order valence-electron chi connectivity index (χ2n) is 4.52. The SMILES string of the molecule is [2H]C([2H])([2H])[C@@H]1C([2H])([2H])C([2H])([2H])N(C(=O)CC#N)C([2H])([2H])[C@]1([2H])N(c1ncnc2[nH]ccc12)C([2H])([2H])[2H]. The van der Waals surface area contributed by atoms with Gasteiger partial charge in [0.05, 0.1) is 21.6 Å². The predicted octanol–water partition coefficient (Wildman–Crippen LogP) is 1.54. The van der Waals surface area contributed by atoms with Crippen molar-refractivity contribution in [3.63, 3.8) is 0 Å². The van der Waals surface area contributed by atoms with Crippen LogP contribution in [0.2, 0.25) is 0 Å². The number of likely N-dealkylation sites (N-methyl/N-ethyl adjacent to an activating group) is 1. The molecule has 0 bridgehead atoms. The summed E-state index contributed by atoms with van der Waals surface area (Å²) >= 11 is 0. The molecular weight excluding hydrogens is 292 g/mol. The Labute approximate surface area is 153 Å². The number of fused-ring (bicyclic) bond motifs is 1. The number of hydrogen-bond donors (Lipinski definition) is 1. The van der Waals surface area contributed by atoms with Gasteiger partial charge < -0.3 is 14.8 Å². The number of carbonyl (C=O) groups is 1. The summed E-state index contributed by atoms with van der Waals surface area (Å²) in [6.45, 7) is -14.8. The number of H-pyrrole nitrogens is 1. The summed E-state index contributed by atoms with van der Waals surface area (Å²) in [5.74, 6) is -5.28.